The lowest BCUT2D eigenvalue weighted by Gasteiger charge is -2.44. The van der Waals surface area contributed by atoms with Gasteiger partial charge in [0.25, 0.3) is 0 Å². The SMILES string of the molecule is CCc1ccccc1Oc1c(Cl)cccc1[C@](O)(CCCCOC)[C@@H]1CCCN(C(=O)[C@@H]2CC[C@H](N)C2)C1. The van der Waals surface area contributed by atoms with Gasteiger partial charge in [0.05, 0.1) is 10.6 Å². The number of carbonyl (C=O) groups excluding carboxylic acids is 1. The van der Waals surface area contributed by atoms with Gasteiger partial charge in [-0.05, 0) is 75.5 Å². The molecule has 7 heteroatoms. The number of amides is 1. The van der Waals surface area contributed by atoms with Crippen molar-refractivity contribution < 1.29 is 19.4 Å². The number of halogens is 1. The molecule has 2 aliphatic rings. The van der Waals surface area contributed by atoms with E-state index >= 15 is 0 Å². The first-order valence-corrected chi connectivity index (χ1v) is 14.6. The van der Waals surface area contributed by atoms with Gasteiger partial charge >= 0.3 is 0 Å². The van der Waals surface area contributed by atoms with Crippen molar-refractivity contribution in [3.05, 3.63) is 58.6 Å². The lowest BCUT2D eigenvalue weighted by Crippen LogP contribution is -2.49. The number of likely N-dealkylation sites (tertiary alicyclic amines) is 1. The summed E-state index contributed by atoms with van der Waals surface area (Å²) >= 11 is 6.75. The van der Waals surface area contributed by atoms with Crippen LogP contribution in [0.15, 0.2) is 42.5 Å². The standard InChI is InChI=1S/C31H43ClN2O4/c1-3-22-10-4-5-14-28(22)38-29-26(12-8-13-27(29)32)31(36,17-6-7-19-37-2)24-11-9-18-34(21-24)30(35)23-15-16-25(33)20-23/h4-5,8,10,12-14,23-25,36H,3,6-7,9,11,15-21,33H2,1-2H3/t23-,24-,25+,31+/m1/s1. The Labute approximate surface area is 232 Å². The number of carbonyl (C=O) groups is 1. The first-order chi connectivity index (χ1) is 18.4. The lowest BCUT2D eigenvalue weighted by molar-refractivity contribution is -0.141. The van der Waals surface area contributed by atoms with Gasteiger partial charge in [0.15, 0.2) is 5.75 Å². The van der Waals surface area contributed by atoms with Crippen LogP contribution in [-0.2, 0) is 21.6 Å². The number of aliphatic hydroxyl groups is 1. The second-order valence-corrected chi connectivity index (χ2v) is 11.4. The van der Waals surface area contributed by atoms with Gasteiger partial charge in [0.1, 0.15) is 5.75 Å². The third-order valence-corrected chi connectivity index (χ3v) is 8.68. The maximum Gasteiger partial charge on any atom is 0.225 e. The molecule has 6 nitrogen and oxygen atoms in total. The zero-order chi connectivity index (χ0) is 27.1. The Morgan fingerprint density at radius 1 is 1.16 bits per heavy atom. The van der Waals surface area contributed by atoms with Crippen molar-refractivity contribution in [1.82, 2.24) is 4.90 Å². The molecule has 1 aliphatic carbocycles. The van der Waals surface area contributed by atoms with Crippen LogP contribution in [0.4, 0.5) is 0 Å². The van der Waals surface area contributed by atoms with Crippen LogP contribution in [0.5, 0.6) is 11.5 Å². The minimum atomic E-state index is -1.21. The maximum atomic E-state index is 13.4. The first-order valence-electron chi connectivity index (χ1n) is 14.2. The molecule has 2 fully saturated rings. The normalized spacial score (nSPS) is 23.3. The van der Waals surface area contributed by atoms with Crippen LogP contribution in [0.2, 0.25) is 5.02 Å². The minimum Gasteiger partial charge on any atom is -0.455 e. The van der Waals surface area contributed by atoms with Crippen molar-refractivity contribution in [2.24, 2.45) is 17.6 Å². The Hall–Kier alpha value is -2.12. The number of benzene rings is 2. The third-order valence-electron chi connectivity index (χ3n) is 8.39. The Morgan fingerprint density at radius 2 is 1.97 bits per heavy atom. The van der Waals surface area contributed by atoms with Crippen LogP contribution in [0.3, 0.4) is 0 Å². The Bertz CT molecular complexity index is 1080. The van der Waals surface area contributed by atoms with E-state index in [0.717, 1.165) is 69.2 Å². The molecule has 208 valence electrons. The quantitative estimate of drug-likeness (QED) is 0.337. The molecule has 3 N–H and O–H groups in total. The van der Waals surface area contributed by atoms with E-state index in [1.807, 2.05) is 41.3 Å². The van der Waals surface area contributed by atoms with Crippen molar-refractivity contribution in [3.8, 4) is 11.5 Å². The molecule has 4 atom stereocenters. The Morgan fingerprint density at radius 3 is 2.71 bits per heavy atom. The van der Waals surface area contributed by atoms with Gasteiger partial charge in [0.2, 0.25) is 5.91 Å². The molecule has 0 radical (unpaired) electrons. The van der Waals surface area contributed by atoms with Gasteiger partial charge in [0, 0.05) is 50.2 Å². The molecule has 1 heterocycles. The molecule has 0 bridgehead atoms. The number of nitrogens with zero attached hydrogens (tertiary/aromatic N) is 1. The zero-order valence-corrected chi connectivity index (χ0v) is 23.6. The molecule has 1 amide bonds. The predicted octanol–water partition coefficient (Wildman–Crippen LogP) is 6.07. The van der Waals surface area contributed by atoms with Crippen molar-refractivity contribution in [2.45, 2.75) is 76.4 Å². The largest absolute Gasteiger partial charge is 0.455 e. The highest BCUT2D eigenvalue weighted by atomic mass is 35.5. The molecule has 0 spiro atoms. The van der Waals surface area contributed by atoms with Gasteiger partial charge in [-0.15, -0.1) is 0 Å². The average Bonchev–Trinajstić information content (AvgIpc) is 3.38. The maximum absolute atomic E-state index is 13.4. The molecule has 0 aromatic heterocycles. The van der Waals surface area contributed by atoms with E-state index in [0.29, 0.717) is 35.9 Å². The minimum absolute atomic E-state index is 0.00541. The third kappa shape index (κ3) is 6.53. The van der Waals surface area contributed by atoms with Gasteiger partial charge < -0.3 is 25.2 Å². The van der Waals surface area contributed by atoms with E-state index in [4.69, 9.17) is 26.8 Å². The Balaban J connectivity index is 1.66. The molecule has 38 heavy (non-hydrogen) atoms. The van der Waals surface area contributed by atoms with Crippen molar-refractivity contribution in [2.75, 3.05) is 26.8 Å². The van der Waals surface area contributed by atoms with Crippen molar-refractivity contribution in [3.63, 3.8) is 0 Å². The molecule has 1 saturated heterocycles. The van der Waals surface area contributed by atoms with Crippen LogP contribution >= 0.6 is 11.6 Å². The predicted molar refractivity (Wildman–Crippen MR) is 152 cm³/mol. The van der Waals surface area contributed by atoms with Crippen LogP contribution in [0, 0.1) is 11.8 Å². The number of aryl methyl sites for hydroxylation is 1. The highest BCUT2D eigenvalue weighted by Crippen LogP contribution is 2.47. The summed E-state index contributed by atoms with van der Waals surface area (Å²) in [5.41, 5.74) is 6.67. The molecular weight excluding hydrogens is 500 g/mol. The molecule has 1 saturated carbocycles. The summed E-state index contributed by atoms with van der Waals surface area (Å²) in [7, 11) is 1.69. The smallest absolute Gasteiger partial charge is 0.225 e. The fourth-order valence-corrected chi connectivity index (χ4v) is 6.44. The second-order valence-electron chi connectivity index (χ2n) is 10.9. The summed E-state index contributed by atoms with van der Waals surface area (Å²) in [5.74, 6) is 1.27. The van der Waals surface area contributed by atoms with Crippen molar-refractivity contribution >= 4 is 17.5 Å². The van der Waals surface area contributed by atoms with Gasteiger partial charge in [-0.2, -0.15) is 0 Å². The van der Waals surface area contributed by atoms with Gasteiger partial charge in [-0.1, -0.05) is 48.9 Å². The molecule has 4 rings (SSSR count). The van der Waals surface area contributed by atoms with Crippen LogP contribution in [0.1, 0.15) is 69.4 Å². The van der Waals surface area contributed by atoms with E-state index in [9.17, 15) is 9.90 Å². The summed E-state index contributed by atoms with van der Waals surface area (Å²) in [6.45, 7) is 3.97. The molecule has 2 aromatic rings. The fourth-order valence-electron chi connectivity index (χ4n) is 6.22. The first kappa shape index (κ1) is 28.9. The zero-order valence-electron chi connectivity index (χ0n) is 22.8. The highest BCUT2D eigenvalue weighted by Gasteiger charge is 2.44. The van der Waals surface area contributed by atoms with Gasteiger partial charge in [-0.3, -0.25) is 4.79 Å². The summed E-state index contributed by atoms with van der Waals surface area (Å²) < 4.78 is 11.8. The number of rotatable bonds is 11. The van der Waals surface area contributed by atoms with E-state index in [2.05, 4.69) is 6.92 Å². The number of ether oxygens (including phenoxy) is 2. The number of unbranched alkanes of at least 4 members (excludes halogenated alkanes) is 1. The second kappa shape index (κ2) is 13.3. The topological polar surface area (TPSA) is 85.0 Å². The summed E-state index contributed by atoms with van der Waals surface area (Å²) in [4.78, 5) is 15.4. The summed E-state index contributed by atoms with van der Waals surface area (Å²) in [6.07, 6.45) is 7.16. The van der Waals surface area contributed by atoms with E-state index in [-0.39, 0.29) is 23.8 Å². The average molecular weight is 543 g/mol. The highest BCUT2D eigenvalue weighted by molar-refractivity contribution is 6.32. The van der Waals surface area contributed by atoms with Crippen molar-refractivity contribution in [1.29, 1.82) is 0 Å². The number of piperidine rings is 1. The molecule has 0 unspecified atom stereocenters. The van der Waals surface area contributed by atoms with E-state index in [1.165, 1.54) is 0 Å². The summed E-state index contributed by atoms with van der Waals surface area (Å²) in [5, 5.41) is 13.1. The number of para-hydroxylation sites is 2. The number of methoxy groups -OCH3 is 1. The molecule has 1 aliphatic heterocycles. The van der Waals surface area contributed by atoms with Crippen LogP contribution < -0.4 is 10.5 Å². The van der Waals surface area contributed by atoms with Crippen LogP contribution in [0.25, 0.3) is 0 Å². The Kier molecular flexibility index (Phi) is 10.1. The van der Waals surface area contributed by atoms with E-state index in [1.54, 1.807) is 13.2 Å². The molecule has 2 aromatic carbocycles. The van der Waals surface area contributed by atoms with Gasteiger partial charge in [-0.25, -0.2) is 0 Å². The number of hydrogen-bond donors (Lipinski definition) is 2. The molecular formula is C31H43ClN2O4. The monoisotopic (exact) mass is 542 g/mol. The van der Waals surface area contributed by atoms with E-state index < -0.39 is 5.60 Å². The van der Waals surface area contributed by atoms with Crippen LogP contribution in [-0.4, -0.2) is 48.8 Å². The number of nitrogens with two attached hydrogens (primary N) is 1. The summed E-state index contributed by atoms with van der Waals surface area (Å²) in [6, 6.07) is 13.7. The number of hydrogen-bond acceptors (Lipinski definition) is 5. The lowest BCUT2D eigenvalue weighted by atomic mass is 9.73. The fraction of sp³-hybridized carbons (Fsp3) is 0.581.